The topological polar surface area (TPSA) is 3.24 Å². The third-order valence-electron chi connectivity index (χ3n) is 5.17. The van der Waals surface area contributed by atoms with E-state index in [2.05, 4.69) is 34.7 Å². The Labute approximate surface area is 109 Å². The van der Waals surface area contributed by atoms with Crippen molar-refractivity contribution >= 4 is 15.9 Å². The van der Waals surface area contributed by atoms with Crippen LogP contribution in [0.2, 0.25) is 0 Å². The van der Waals surface area contributed by atoms with Crippen molar-refractivity contribution < 1.29 is 0 Å². The minimum absolute atomic E-state index is 0.637. The number of likely N-dealkylation sites (tertiary alicyclic amines) is 1. The van der Waals surface area contributed by atoms with E-state index in [1.807, 2.05) is 0 Å². The maximum absolute atomic E-state index is 3.72. The van der Waals surface area contributed by atoms with Crippen LogP contribution in [0.4, 0.5) is 0 Å². The van der Waals surface area contributed by atoms with Crippen LogP contribution in [0.3, 0.4) is 0 Å². The summed E-state index contributed by atoms with van der Waals surface area (Å²) in [6.07, 6.45) is 8.50. The highest BCUT2D eigenvalue weighted by Gasteiger charge is 2.39. The SMILES string of the molecule is CCC1(C)CCN(CC2(CBr)CCC2)CC1. The lowest BCUT2D eigenvalue weighted by molar-refractivity contribution is 0.0454. The number of hydrogen-bond acceptors (Lipinski definition) is 1. The van der Waals surface area contributed by atoms with Gasteiger partial charge >= 0.3 is 0 Å². The van der Waals surface area contributed by atoms with Gasteiger partial charge in [0.25, 0.3) is 0 Å². The molecule has 1 saturated heterocycles. The molecule has 16 heavy (non-hydrogen) atoms. The second-order valence-corrected chi connectivity index (χ2v) is 6.99. The first-order chi connectivity index (χ1) is 7.61. The van der Waals surface area contributed by atoms with E-state index in [1.54, 1.807) is 0 Å². The van der Waals surface area contributed by atoms with E-state index in [0.717, 1.165) is 0 Å². The zero-order valence-electron chi connectivity index (χ0n) is 10.9. The lowest BCUT2D eigenvalue weighted by Crippen LogP contribution is -2.47. The standard InChI is InChI=1S/C14H26BrN/c1-3-13(2)7-9-16(10-8-13)12-14(11-15)5-4-6-14/h3-12H2,1-2H3. The fraction of sp³-hybridized carbons (Fsp3) is 1.00. The third kappa shape index (κ3) is 2.64. The molecule has 1 aliphatic carbocycles. The Balaban J connectivity index is 1.81. The van der Waals surface area contributed by atoms with Gasteiger partial charge in [0.05, 0.1) is 0 Å². The molecule has 0 spiro atoms. The van der Waals surface area contributed by atoms with Crippen molar-refractivity contribution in [1.82, 2.24) is 4.90 Å². The van der Waals surface area contributed by atoms with E-state index in [4.69, 9.17) is 0 Å². The summed E-state index contributed by atoms with van der Waals surface area (Å²) in [6, 6.07) is 0. The number of hydrogen-bond donors (Lipinski definition) is 0. The molecule has 1 nitrogen and oxygen atoms in total. The highest BCUT2D eigenvalue weighted by Crippen LogP contribution is 2.44. The van der Waals surface area contributed by atoms with Crippen molar-refractivity contribution in [2.24, 2.45) is 10.8 Å². The van der Waals surface area contributed by atoms with E-state index in [-0.39, 0.29) is 0 Å². The first kappa shape index (κ1) is 12.9. The van der Waals surface area contributed by atoms with Crippen LogP contribution < -0.4 is 0 Å². The van der Waals surface area contributed by atoms with Gasteiger partial charge in [0.15, 0.2) is 0 Å². The van der Waals surface area contributed by atoms with Crippen LogP contribution in [-0.4, -0.2) is 29.9 Å². The summed E-state index contributed by atoms with van der Waals surface area (Å²) >= 11 is 3.72. The molecule has 0 atom stereocenters. The molecule has 0 N–H and O–H groups in total. The predicted octanol–water partition coefficient (Wildman–Crippen LogP) is 4.06. The summed E-state index contributed by atoms with van der Waals surface area (Å²) in [5.74, 6) is 0. The van der Waals surface area contributed by atoms with Gasteiger partial charge in [0.2, 0.25) is 0 Å². The Morgan fingerprint density at radius 3 is 2.12 bits per heavy atom. The maximum Gasteiger partial charge on any atom is 0.0100 e. The van der Waals surface area contributed by atoms with E-state index < -0.39 is 0 Å². The third-order valence-corrected chi connectivity index (χ3v) is 6.36. The second kappa shape index (κ2) is 4.97. The van der Waals surface area contributed by atoms with Crippen LogP contribution in [-0.2, 0) is 0 Å². The van der Waals surface area contributed by atoms with Crippen molar-refractivity contribution in [3.63, 3.8) is 0 Å². The molecule has 2 heteroatoms. The lowest BCUT2D eigenvalue weighted by Gasteiger charge is -2.47. The monoisotopic (exact) mass is 287 g/mol. The summed E-state index contributed by atoms with van der Waals surface area (Å²) in [6.45, 7) is 8.83. The largest absolute Gasteiger partial charge is 0.303 e. The van der Waals surface area contributed by atoms with Crippen LogP contribution in [0.15, 0.2) is 0 Å². The highest BCUT2D eigenvalue weighted by atomic mass is 79.9. The number of nitrogens with zero attached hydrogens (tertiary/aromatic N) is 1. The van der Waals surface area contributed by atoms with Crippen LogP contribution in [0.1, 0.15) is 52.4 Å². The van der Waals surface area contributed by atoms with Gasteiger partial charge in [-0.1, -0.05) is 42.6 Å². The molecule has 94 valence electrons. The number of halogens is 1. The maximum atomic E-state index is 3.72. The second-order valence-electron chi connectivity index (χ2n) is 6.43. The molecule has 0 amide bonds. The molecule has 0 unspecified atom stereocenters. The van der Waals surface area contributed by atoms with Crippen molar-refractivity contribution in [2.75, 3.05) is 25.0 Å². The van der Waals surface area contributed by atoms with Gasteiger partial charge in [0, 0.05) is 11.9 Å². The quantitative estimate of drug-likeness (QED) is 0.705. The minimum Gasteiger partial charge on any atom is -0.303 e. The van der Waals surface area contributed by atoms with E-state index in [1.165, 1.54) is 63.5 Å². The van der Waals surface area contributed by atoms with Gasteiger partial charge in [-0.2, -0.15) is 0 Å². The van der Waals surface area contributed by atoms with Crippen molar-refractivity contribution in [2.45, 2.75) is 52.4 Å². The van der Waals surface area contributed by atoms with Gasteiger partial charge in [-0.3, -0.25) is 0 Å². The summed E-state index contributed by atoms with van der Waals surface area (Å²) < 4.78 is 0. The molecule has 2 rings (SSSR count). The molecular weight excluding hydrogens is 262 g/mol. The molecular formula is C14H26BrN. The van der Waals surface area contributed by atoms with Crippen molar-refractivity contribution in [1.29, 1.82) is 0 Å². The van der Waals surface area contributed by atoms with Crippen LogP contribution in [0, 0.1) is 10.8 Å². The van der Waals surface area contributed by atoms with Crippen LogP contribution >= 0.6 is 15.9 Å². The molecule has 0 aromatic rings. The average Bonchev–Trinajstić information content (AvgIpc) is 2.26. The van der Waals surface area contributed by atoms with Crippen LogP contribution in [0.25, 0.3) is 0 Å². The van der Waals surface area contributed by atoms with E-state index in [0.29, 0.717) is 10.8 Å². The minimum atomic E-state index is 0.637. The first-order valence-electron chi connectivity index (χ1n) is 6.90. The van der Waals surface area contributed by atoms with Gasteiger partial charge in [-0.25, -0.2) is 0 Å². The van der Waals surface area contributed by atoms with Gasteiger partial charge in [-0.05, 0) is 49.6 Å². The number of rotatable bonds is 4. The molecule has 0 radical (unpaired) electrons. The lowest BCUT2D eigenvalue weighted by atomic mass is 9.69. The Kier molecular flexibility index (Phi) is 4.01. The molecule has 1 saturated carbocycles. The number of piperidine rings is 1. The van der Waals surface area contributed by atoms with E-state index >= 15 is 0 Å². The average molecular weight is 288 g/mol. The zero-order chi connectivity index (χ0) is 11.6. The van der Waals surface area contributed by atoms with Gasteiger partial charge < -0.3 is 4.90 Å². The smallest absolute Gasteiger partial charge is 0.0100 e. The Bertz CT molecular complexity index is 221. The van der Waals surface area contributed by atoms with Crippen LogP contribution in [0.5, 0.6) is 0 Å². The molecule has 0 bridgehead atoms. The van der Waals surface area contributed by atoms with E-state index in [9.17, 15) is 0 Å². The van der Waals surface area contributed by atoms with Gasteiger partial charge in [0.1, 0.15) is 0 Å². The molecule has 1 aliphatic heterocycles. The zero-order valence-corrected chi connectivity index (χ0v) is 12.5. The normalized spacial score (nSPS) is 28.7. The fourth-order valence-electron chi connectivity index (χ4n) is 3.09. The molecule has 0 aromatic carbocycles. The summed E-state index contributed by atoms with van der Waals surface area (Å²) in [7, 11) is 0. The highest BCUT2D eigenvalue weighted by molar-refractivity contribution is 9.09. The summed E-state index contributed by atoms with van der Waals surface area (Å²) in [4.78, 5) is 2.72. The van der Waals surface area contributed by atoms with Crippen molar-refractivity contribution in [3.8, 4) is 0 Å². The summed E-state index contributed by atoms with van der Waals surface area (Å²) in [5.41, 5.74) is 1.28. The summed E-state index contributed by atoms with van der Waals surface area (Å²) in [5, 5.41) is 1.21. The molecule has 2 aliphatic rings. The Hall–Kier alpha value is 0.440. The molecule has 1 heterocycles. The Morgan fingerprint density at radius 1 is 1.12 bits per heavy atom. The fourth-order valence-corrected chi connectivity index (χ4v) is 3.83. The van der Waals surface area contributed by atoms with Gasteiger partial charge in [-0.15, -0.1) is 0 Å². The molecule has 0 aromatic heterocycles. The first-order valence-corrected chi connectivity index (χ1v) is 8.02. The van der Waals surface area contributed by atoms with Crippen molar-refractivity contribution in [3.05, 3.63) is 0 Å². The predicted molar refractivity (Wildman–Crippen MR) is 74.2 cm³/mol. The molecule has 2 fully saturated rings. The number of alkyl halides is 1. The Morgan fingerprint density at radius 2 is 1.75 bits per heavy atom.